The molecule has 22 heavy (non-hydrogen) atoms. The second kappa shape index (κ2) is 5.76. The highest BCUT2D eigenvalue weighted by atomic mass is 32.1. The Bertz CT molecular complexity index is 752. The van der Waals surface area contributed by atoms with Crippen molar-refractivity contribution in [3.63, 3.8) is 0 Å². The first-order valence-electron chi connectivity index (χ1n) is 7.74. The molecule has 0 aliphatic carbocycles. The lowest BCUT2D eigenvalue weighted by atomic mass is 9.83. The Morgan fingerprint density at radius 3 is 2.95 bits per heavy atom. The monoisotopic (exact) mass is 321 g/mol. The fourth-order valence-corrected chi connectivity index (χ4v) is 4.33. The van der Waals surface area contributed by atoms with Crippen molar-refractivity contribution in [3.05, 3.63) is 26.6 Å². The maximum absolute atomic E-state index is 12.3. The van der Waals surface area contributed by atoms with Crippen LogP contribution < -0.4 is 5.56 Å². The number of aliphatic hydroxyl groups is 1. The smallest absolute Gasteiger partial charge is 0.259 e. The fourth-order valence-electron chi connectivity index (χ4n) is 3.28. The number of aromatic amines is 1. The Morgan fingerprint density at radius 2 is 2.23 bits per heavy atom. The van der Waals surface area contributed by atoms with Crippen LogP contribution in [0.25, 0.3) is 10.2 Å². The molecule has 2 aromatic rings. The molecule has 2 N–H and O–H groups in total. The van der Waals surface area contributed by atoms with Gasteiger partial charge < -0.3 is 10.1 Å². The molecule has 2 aromatic heterocycles. The van der Waals surface area contributed by atoms with Crippen molar-refractivity contribution in [1.82, 2.24) is 14.9 Å². The molecule has 0 spiro atoms. The highest BCUT2D eigenvalue weighted by molar-refractivity contribution is 7.18. The van der Waals surface area contributed by atoms with E-state index in [2.05, 4.69) is 21.8 Å². The van der Waals surface area contributed by atoms with Crippen LogP contribution in [0.2, 0.25) is 0 Å². The molecule has 6 heteroatoms. The summed E-state index contributed by atoms with van der Waals surface area (Å²) in [6, 6.07) is 0. The van der Waals surface area contributed by atoms with Gasteiger partial charge in [0.15, 0.2) is 0 Å². The zero-order chi connectivity index (χ0) is 15.9. The van der Waals surface area contributed by atoms with E-state index < -0.39 is 0 Å². The van der Waals surface area contributed by atoms with Gasteiger partial charge in [-0.25, -0.2) is 4.98 Å². The largest absolute Gasteiger partial charge is 0.396 e. The third-order valence-corrected chi connectivity index (χ3v) is 5.80. The summed E-state index contributed by atoms with van der Waals surface area (Å²) in [4.78, 5) is 24.1. The molecule has 1 fully saturated rings. The molecular formula is C16H23N3O2S. The van der Waals surface area contributed by atoms with E-state index in [9.17, 15) is 9.90 Å². The Labute approximate surface area is 134 Å². The number of hydrogen-bond acceptors (Lipinski definition) is 5. The minimum atomic E-state index is -0.0429. The lowest BCUT2D eigenvalue weighted by Crippen LogP contribution is -2.43. The van der Waals surface area contributed by atoms with Crippen molar-refractivity contribution < 1.29 is 5.11 Å². The van der Waals surface area contributed by atoms with Crippen molar-refractivity contribution in [2.45, 2.75) is 40.2 Å². The number of hydrogen-bond donors (Lipinski definition) is 2. The third-order valence-electron chi connectivity index (χ3n) is 4.70. The van der Waals surface area contributed by atoms with Crippen LogP contribution in [0, 0.1) is 19.3 Å². The van der Waals surface area contributed by atoms with Crippen molar-refractivity contribution in [3.8, 4) is 0 Å². The minimum Gasteiger partial charge on any atom is -0.396 e. The molecule has 1 saturated heterocycles. The number of nitrogens with zero attached hydrogens (tertiary/aromatic N) is 2. The number of fused-ring (bicyclic) bond motifs is 1. The van der Waals surface area contributed by atoms with Crippen LogP contribution in [0.4, 0.5) is 0 Å². The normalized spacial score (nSPS) is 23.3. The molecule has 1 unspecified atom stereocenters. The number of thiophene rings is 1. The van der Waals surface area contributed by atoms with E-state index in [0.29, 0.717) is 6.54 Å². The molecule has 120 valence electrons. The van der Waals surface area contributed by atoms with E-state index in [1.807, 2.05) is 13.8 Å². The van der Waals surface area contributed by atoms with Gasteiger partial charge in [-0.05, 0) is 38.8 Å². The third kappa shape index (κ3) is 2.83. The van der Waals surface area contributed by atoms with Gasteiger partial charge in [-0.1, -0.05) is 6.92 Å². The maximum Gasteiger partial charge on any atom is 0.259 e. The van der Waals surface area contributed by atoms with Crippen LogP contribution >= 0.6 is 11.3 Å². The molecule has 5 nitrogen and oxygen atoms in total. The topological polar surface area (TPSA) is 69.2 Å². The van der Waals surface area contributed by atoms with Crippen LogP contribution in [-0.4, -0.2) is 39.7 Å². The van der Waals surface area contributed by atoms with E-state index >= 15 is 0 Å². The molecule has 0 radical (unpaired) electrons. The number of likely N-dealkylation sites (tertiary alicyclic amines) is 1. The number of H-pyrrole nitrogens is 1. The van der Waals surface area contributed by atoms with E-state index in [1.54, 1.807) is 11.3 Å². The van der Waals surface area contributed by atoms with Gasteiger partial charge in [-0.15, -0.1) is 11.3 Å². The average Bonchev–Trinajstić information content (AvgIpc) is 2.74. The van der Waals surface area contributed by atoms with Crippen molar-refractivity contribution in [1.29, 1.82) is 0 Å². The predicted octanol–water partition coefficient (Wildman–Crippen LogP) is 2.20. The number of nitrogens with one attached hydrogen (secondary N) is 1. The number of aryl methyl sites for hydroxylation is 2. The second-order valence-electron chi connectivity index (χ2n) is 6.76. The minimum absolute atomic E-state index is 0.0382. The first-order chi connectivity index (χ1) is 10.4. The highest BCUT2D eigenvalue weighted by Gasteiger charge is 2.30. The second-order valence-corrected chi connectivity index (χ2v) is 7.96. The highest BCUT2D eigenvalue weighted by Crippen LogP contribution is 2.30. The van der Waals surface area contributed by atoms with Crippen molar-refractivity contribution in [2.24, 2.45) is 5.41 Å². The Hall–Kier alpha value is -1.24. The van der Waals surface area contributed by atoms with Crippen molar-refractivity contribution in [2.75, 3.05) is 19.7 Å². The van der Waals surface area contributed by atoms with Gasteiger partial charge in [0.05, 0.1) is 11.9 Å². The molecule has 1 aliphatic heterocycles. The van der Waals surface area contributed by atoms with E-state index in [0.717, 1.165) is 52.4 Å². The van der Waals surface area contributed by atoms with E-state index in [1.165, 1.54) is 0 Å². The Morgan fingerprint density at radius 1 is 1.45 bits per heavy atom. The van der Waals surface area contributed by atoms with Gasteiger partial charge in [0.1, 0.15) is 10.7 Å². The van der Waals surface area contributed by atoms with Crippen LogP contribution in [0.5, 0.6) is 0 Å². The van der Waals surface area contributed by atoms with Gasteiger partial charge >= 0.3 is 0 Å². The average molecular weight is 321 g/mol. The standard InChI is InChI=1S/C16H23N3O2S/c1-10-11(2)22-15-13(10)14(21)17-12(18-15)7-19-6-4-5-16(3,8-19)9-20/h20H,4-9H2,1-3H3,(H,17,18,21). The zero-order valence-electron chi connectivity index (χ0n) is 13.4. The Balaban J connectivity index is 1.87. The number of aromatic nitrogens is 2. The first-order valence-corrected chi connectivity index (χ1v) is 8.56. The lowest BCUT2D eigenvalue weighted by Gasteiger charge is -2.39. The summed E-state index contributed by atoms with van der Waals surface area (Å²) in [5.41, 5.74) is 0.952. The van der Waals surface area contributed by atoms with Gasteiger partial charge in [-0.2, -0.15) is 0 Å². The van der Waals surface area contributed by atoms with Gasteiger partial charge in [0.2, 0.25) is 0 Å². The molecular weight excluding hydrogens is 298 g/mol. The summed E-state index contributed by atoms with van der Waals surface area (Å²) in [7, 11) is 0. The molecule has 0 amide bonds. The number of aliphatic hydroxyl groups excluding tert-OH is 1. The van der Waals surface area contributed by atoms with Gasteiger partial charge in [0, 0.05) is 23.4 Å². The molecule has 3 heterocycles. The first kappa shape index (κ1) is 15.6. The number of rotatable bonds is 3. The molecule has 1 atom stereocenters. The van der Waals surface area contributed by atoms with Crippen LogP contribution in [0.15, 0.2) is 4.79 Å². The Kier molecular flexibility index (Phi) is 4.09. The maximum atomic E-state index is 12.3. The molecule has 0 saturated carbocycles. The quantitative estimate of drug-likeness (QED) is 0.909. The summed E-state index contributed by atoms with van der Waals surface area (Å²) in [5, 5.41) is 10.3. The van der Waals surface area contributed by atoms with E-state index in [4.69, 9.17) is 0 Å². The summed E-state index contributed by atoms with van der Waals surface area (Å²) in [6.45, 7) is 8.78. The molecule has 0 aromatic carbocycles. The summed E-state index contributed by atoms with van der Waals surface area (Å²) < 4.78 is 0. The van der Waals surface area contributed by atoms with Gasteiger partial charge in [-0.3, -0.25) is 9.69 Å². The molecule has 0 bridgehead atoms. The summed E-state index contributed by atoms with van der Waals surface area (Å²) in [5.74, 6) is 0.723. The number of piperidine rings is 1. The van der Waals surface area contributed by atoms with Crippen LogP contribution in [0.3, 0.4) is 0 Å². The van der Waals surface area contributed by atoms with Crippen LogP contribution in [0.1, 0.15) is 36.0 Å². The van der Waals surface area contributed by atoms with Crippen molar-refractivity contribution >= 4 is 21.6 Å². The lowest BCUT2D eigenvalue weighted by molar-refractivity contribution is 0.0418. The summed E-state index contributed by atoms with van der Waals surface area (Å²) >= 11 is 1.58. The summed E-state index contributed by atoms with van der Waals surface area (Å²) in [6.07, 6.45) is 2.12. The zero-order valence-corrected chi connectivity index (χ0v) is 14.2. The van der Waals surface area contributed by atoms with Crippen LogP contribution in [-0.2, 0) is 6.54 Å². The predicted molar refractivity (Wildman–Crippen MR) is 89.4 cm³/mol. The molecule has 3 rings (SSSR count). The fraction of sp³-hybridized carbons (Fsp3) is 0.625. The molecule has 1 aliphatic rings. The van der Waals surface area contributed by atoms with Gasteiger partial charge in [0.25, 0.3) is 5.56 Å². The van der Waals surface area contributed by atoms with E-state index in [-0.39, 0.29) is 17.6 Å². The SMILES string of the molecule is Cc1sc2nc(CN3CCCC(C)(CO)C3)[nH]c(=O)c2c1C.